The summed E-state index contributed by atoms with van der Waals surface area (Å²) < 4.78 is 39.4. The third-order valence-corrected chi connectivity index (χ3v) is 6.54. The molecule has 1 saturated heterocycles. The molecule has 21 heavy (non-hydrogen) atoms. The van der Waals surface area contributed by atoms with Crippen molar-refractivity contribution in [2.24, 2.45) is 5.92 Å². The Morgan fingerprint density at radius 2 is 2.00 bits per heavy atom. The van der Waals surface area contributed by atoms with Crippen LogP contribution < -0.4 is 5.32 Å². The molecule has 1 aromatic rings. The molecule has 0 unspecified atom stereocenters. The van der Waals surface area contributed by atoms with Gasteiger partial charge in [-0.25, -0.2) is 12.8 Å². The first-order chi connectivity index (χ1) is 9.88. The summed E-state index contributed by atoms with van der Waals surface area (Å²) in [5.74, 6) is -1.29. The molecule has 2 fully saturated rings. The lowest BCUT2D eigenvalue weighted by Gasteiger charge is -2.37. The van der Waals surface area contributed by atoms with Gasteiger partial charge in [0.05, 0.1) is 16.9 Å². The Balaban J connectivity index is 1.58. The van der Waals surface area contributed by atoms with E-state index in [0.717, 1.165) is 0 Å². The van der Waals surface area contributed by atoms with Gasteiger partial charge in [-0.15, -0.1) is 0 Å². The number of sulfonamides is 1. The third-order valence-electron chi connectivity index (χ3n) is 3.71. The van der Waals surface area contributed by atoms with Crippen LogP contribution >= 0.6 is 15.9 Å². The maximum Gasteiger partial charge on any atom is 0.230 e. The molecule has 0 atom stereocenters. The highest BCUT2D eigenvalue weighted by molar-refractivity contribution is 9.10. The maximum atomic E-state index is 13.6. The van der Waals surface area contributed by atoms with Gasteiger partial charge in [-0.05, 0) is 31.0 Å². The number of nitrogens with zero attached hydrogens (tertiary/aromatic N) is 1. The van der Waals surface area contributed by atoms with E-state index in [1.54, 1.807) is 6.07 Å². The van der Waals surface area contributed by atoms with E-state index in [-0.39, 0.29) is 29.9 Å². The largest absolute Gasteiger partial charge is 0.323 e. The molecule has 1 aliphatic carbocycles. The minimum absolute atomic E-state index is 0.103. The highest BCUT2D eigenvalue weighted by atomic mass is 79.9. The Labute approximate surface area is 130 Å². The first kappa shape index (κ1) is 14.9. The van der Waals surface area contributed by atoms with E-state index in [0.29, 0.717) is 17.3 Å². The van der Waals surface area contributed by atoms with Gasteiger partial charge in [0.25, 0.3) is 0 Å². The Kier molecular flexibility index (Phi) is 3.79. The summed E-state index contributed by atoms with van der Waals surface area (Å²) in [6, 6.07) is 4.36. The lowest BCUT2D eigenvalue weighted by Crippen LogP contribution is -2.55. The number of hydrogen-bond acceptors (Lipinski definition) is 3. The average molecular weight is 377 g/mol. The van der Waals surface area contributed by atoms with Crippen LogP contribution in [0.4, 0.5) is 10.1 Å². The molecule has 1 aromatic carbocycles. The number of amides is 1. The fourth-order valence-corrected chi connectivity index (χ4v) is 4.48. The Bertz CT molecular complexity index is 685. The molecule has 1 amide bonds. The molecule has 1 aliphatic heterocycles. The minimum atomic E-state index is -3.21. The second kappa shape index (κ2) is 5.33. The van der Waals surface area contributed by atoms with Crippen molar-refractivity contribution in [2.45, 2.75) is 18.1 Å². The zero-order valence-electron chi connectivity index (χ0n) is 11.1. The fourth-order valence-electron chi connectivity index (χ4n) is 2.21. The van der Waals surface area contributed by atoms with Crippen LogP contribution in [0.25, 0.3) is 0 Å². The van der Waals surface area contributed by atoms with Crippen LogP contribution in [0.5, 0.6) is 0 Å². The molecule has 0 aromatic heterocycles. The van der Waals surface area contributed by atoms with Crippen molar-refractivity contribution in [3.05, 3.63) is 28.5 Å². The van der Waals surface area contributed by atoms with Crippen molar-refractivity contribution in [3.8, 4) is 0 Å². The van der Waals surface area contributed by atoms with Crippen LogP contribution in [0.15, 0.2) is 22.7 Å². The predicted octanol–water partition coefficient (Wildman–Crippen LogP) is 1.95. The monoisotopic (exact) mass is 376 g/mol. The van der Waals surface area contributed by atoms with E-state index in [2.05, 4.69) is 21.2 Å². The summed E-state index contributed by atoms with van der Waals surface area (Å²) in [6.45, 7) is 0.367. The number of nitrogens with one attached hydrogen (secondary N) is 1. The summed E-state index contributed by atoms with van der Waals surface area (Å²) in [5.41, 5.74) is 0.103. The van der Waals surface area contributed by atoms with Gasteiger partial charge < -0.3 is 5.32 Å². The molecule has 5 nitrogen and oxygen atoms in total. The van der Waals surface area contributed by atoms with Gasteiger partial charge >= 0.3 is 0 Å². The highest BCUT2D eigenvalue weighted by Crippen LogP contribution is 2.34. The molecule has 1 N–H and O–H groups in total. The molecule has 8 heteroatoms. The molecular weight excluding hydrogens is 363 g/mol. The highest BCUT2D eigenvalue weighted by Gasteiger charge is 2.46. The summed E-state index contributed by atoms with van der Waals surface area (Å²) in [6.07, 6.45) is 1.42. The van der Waals surface area contributed by atoms with Crippen LogP contribution in [0.1, 0.15) is 12.8 Å². The summed E-state index contributed by atoms with van der Waals surface area (Å²) >= 11 is 3.14. The van der Waals surface area contributed by atoms with E-state index < -0.39 is 21.8 Å². The van der Waals surface area contributed by atoms with Crippen molar-refractivity contribution in [1.82, 2.24) is 4.31 Å². The Hall–Kier alpha value is -0.990. The van der Waals surface area contributed by atoms with Crippen molar-refractivity contribution in [3.63, 3.8) is 0 Å². The van der Waals surface area contributed by atoms with Gasteiger partial charge in [0.2, 0.25) is 15.9 Å². The maximum absolute atomic E-state index is 13.6. The van der Waals surface area contributed by atoms with Crippen molar-refractivity contribution in [1.29, 1.82) is 0 Å². The fraction of sp³-hybridized carbons (Fsp3) is 0.462. The lowest BCUT2D eigenvalue weighted by molar-refractivity contribution is -0.122. The molecule has 114 valence electrons. The molecule has 1 saturated carbocycles. The number of carbonyl (C=O) groups excluding carboxylic acids is 1. The molecule has 0 bridgehead atoms. The van der Waals surface area contributed by atoms with Gasteiger partial charge in [0.1, 0.15) is 5.82 Å². The molecule has 0 spiro atoms. The number of rotatable bonds is 4. The van der Waals surface area contributed by atoms with Crippen LogP contribution in [0.3, 0.4) is 0 Å². The van der Waals surface area contributed by atoms with Crippen LogP contribution in [-0.4, -0.2) is 37.0 Å². The number of halogens is 2. The normalized spacial score (nSPS) is 20.1. The predicted molar refractivity (Wildman–Crippen MR) is 79.7 cm³/mol. The topological polar surface area (TPSA) is 66.5 Å². The zero-order valence-corrected chi connectivity index (χ0v) is 13.5. The van der Waals surface area contributed by atoms with E-state index >= 15 is 0 Å². The minimum Gasteiger partial charge on any atom is -0.323 e. The smallest absolute Gasteiger partial charge is 0.230 e. The van der Waals surface area contributed by atoms with Gasteiger partial charge in [0.15, 0.2) is 0 Å². The molecule has 1 heterocycles. The molecule has 0 radical (unpaired) electrons. The van der Waals surface area contributed by atoms with Crippen molar-refractivity contribution in [2.75, 3.05) is 18.4 Å². The summed E-state index contributed by atoms with van der Waals surface area (Å²) in [5, 5.41) is 2.24. The molecular formula is C13H14BrFN2O3S. The number of hydrogen-bond donors (Lipinski definition) is 1. The standard InChI is InChI=1S/C13H14BrFN2O3S/c14-9-1-4-12(11(15)5-9)16-13(18)8-6-17(7-8)21(19,20)10-2-3-10/h1,4-5,8,10H,2-3,6-7H2,(H,16,18). The average Bonchev–Trinajstić information content (AvgIpc) is 3.14. The number of anilines is 1. The summed E-state index contributed by atoms with van der Waals surface area (Å²) in [4.78, 5) is 12.0. The van der Waals surface area contributed by atoms with Crippen LogP contribution in [0.2, 0.25) is 0 Å². The van der Waals surface area contributed by atoms with E-state index in [9.17, 15) is 17.6 Å². The van der Waals surface area contributed by atoms with Crippen molar-refractivity contribution < 1.29 is 17.6 Å². The molecule has 3 rings (SSSR count). The van der Waals surface area contributed by atoms with Crippen molar-refractivity contribution >= 4 is 37.5 Å². The Morgan fingerprint density at radius 3 is 2.57 bits per heavy atom. The third kappa shape index (κ3) is 2.97. The number of carbonyl (C=O) groups is 1. The zero-order chi connectivity index (χ0) is 15.2. The van der Waals surface area contributed by atoms with Crippen LogP contribution in [0, 0.1) is 11.7 Å². The van der Waals surface area contributed by atoms with Crippen LogP contribution in [-0.2, 0) is 14.8 Å². The second-order valence-corrected chi connectivity index (χ2v) is 8.50. The van der Waals surface area contributed by atoms with E-state index in [4.69, 9.17) is 0 Å². The van der Waals surface area contributed by atoms with Gasteiger partial charge in [0, 0.05) is 17.6 Å². The summed E-state index contributed by atoms with van der Waals surface area (Å²) in [7, 11) is -3.21. The SMILES string of the molecule is O=C(Nc1ccc(Br)cc1F)C1CN(S(=O)(=O)C2CC2)C1. The van der Waals surface area contributed by atoms with Gasteiger partial charge in [-0.1, -0.05) is 15.9 Å². The quantitative estimate of drug-likeness (QED) is 0.873. The van der Waals surface area contributed by atoms with E-state index in [1.165, 1.54) is 16.4 Å². The first-order valence-corrected chi connectivity index (χ1v) is 8.92. The first-order valence-electron chi connectivity index (χ1n) is 6.63. The second-order valence-electron chi connectivity index (χ2n) is 5.37. The van der Waals surface area contributed by atoms with Gasteiger partial charge in [-0.3, -0.25) is 4.79 Å². The lowest BCUT2D eigenvalue weighted by atomic mass is 10.0. The Morgan fingerprint density at radius 1 is 1.33 bits per heavy atom. The molecule has 2 aliphatic rings. The van der Waals surface area contributed by atoms with E-state index in [1.807, 2.05) is 0 Å². The van der Waals surface area contributed by atoms with Gasteiger partial charge in [-0.2, -0.15) is 4.31 Å². The number of benzene rings is 1.